The van der Waals surface area contributed by atoms with Gasteiger partial charge in [-0.05, 0) is 50.1 Å². The lowest BCUT2D eigenvalue weighted by Gasteiger charge is -2.25. The second kappa shape index (κ2) is 11.7. The summed E-state index contributed by atoms with van der Waals surface area (Å²) in [6.07, 6.45) is 1.95. The summed E-state index contributed by atoms with van der Waals surface area (Å²) in [6, 6.07) is 13.4. The standard InChI is InChI=1S/C27H33NO6/c1-5-6-15-33-21-12-10-19(11-13-21)24-23(26(30)27(31)28(24)14-16-32-4)25(29)20-8-7-9-22(17-20)34-18(2)3/h7-13,17-18,24,29H,5-6,14-16H2,1-4H3/b25-23-. The summed E-state index contributed by atoms with van der Waals surface area (Å²) in [5, 5.41) is 11.2. The zero-order valence-corrected chi connectivity index (χ0v) is 20.2. The molecular weight excluding hydrogens is 434 g/mol. The van der Waals surface area contributed by atoms with Crippen LogP contribution in [0.25, 0.3) is 5.76 Å². The molecular formula is C27H33NO6. The highest BCUT2D eigenvalue weighted by Gasteiger charge is 2.45. The fraction of sp³-hybridized carbons (Fsp3) is 0.407. The van der Waals surface area contributed by atoms with E-state index < -0.39 is 17.7 Å². The fourth-order valence-corrected chi connectivity index (χ4v) is 3.87. The average Bonchev–Trinajstić information content (AvgIpc) is 3.07. The smallest absolute Gasteiger partial charge is 0.295 e. The first-order valence-electron chi connectivity index (χ1n) is 11.6. The van der Waals surface area contributed by atoms with Crippen molar-refractivity contribution in [3.63, 3.8) is 0 Å². The van der Waals surface area contributed by atoms with E-state index in [0.29, 0.717) is 29.2 Å². The van der Waals surface area contributed by atoms with Crippen LogP contribution in [0.4, 0.5) is 0 Å². The van der Waals surface area contributed by atoms with Crippen LogP contribution in [0.1, 0.15) is 50.8 Å². The normalized spacial score (nSPS) is 17.4. The zero-order chi connectivity index (χ0) is 24.7. The van der Waals surface area contributed by atoms with Crippen LogP contribution >= 0.6 is 0 Å². The summed E-state index contributed by atoms with van der Waals surface area (Å²) in [6.45, 7) is 7.01. The molecule has 0 aliphatic carbocycles. The minimum Gasteiger partial charge on any atom is -0.507 e. The molecule has 0 saturated carbocycles. The minimum absolute atomic E-state index is 0.0439. The van der Waals surface area contributed by atoms with E-state index in [0.717, 1.165) is 12.8 Å². The highest BCUT2D eigenvalue weighted by molar-refractivity contribution is 6.46. The van der Waals surface area contributed by atoms with E-state index in [4.69, 9.17) is 14.2 Å². The van der Waals surface area contributed by atoms with Crippen LogP contribution in [0.5, 0.6) is 11.5 Å². The van der Waals surface area contributed by atoms with E-state index in [1.54, 1.807) is 24.3 Å². The number of aliphatic hydroxyl groups excluding tert-OH is 1. The molecule has 1 N–H and O–H groups in total. The number of benzene rings is 2. The van der Waals surface area contributed by atoms with Crippen LogP contribution in [0, 0.1) is 0 Å². The average molecular weight is 468 g/mol. The van der Waals surface area contributed by atoms with Crippen LogP contribution in [0.2, 0.25) is 0 Å². The van der Waals surface area contributed by atoms with Gasteiger partial charge >= 0.3 is 0 Å². The molecule has 1 saturated heterocycles. The summed E-state index contributed by atoms with van der Waals surface area (Å²) in [5.41, 5.74) is 1.16. The van der Waals surface area contributed by atoms with Gasteiger partial charge in [0, 0.05) is 19.2 Å². The van der Waals surface area contributed by atoms with Crippen molar-refractivity contribution in [2.24, 2.45) is 0 Å². The lowest BCUT2D eigenvalue weighted by molar-refractivity contribution is -0.140. The third-order valence-corrected chi connectivity index (χ3v) is 5.52. The highest BCUT2D eigenvalue weighted by Crippen LogP contribution is 2.40. The van der Waals surface area contributed by atoms with Gasteiger partial charge in [0.15, 0.2) is 0 Å². The van der Waals surface area contributed by atoms with Crippen molar-refractivity contribution in [2.75, 3.05) is 26.9 Å². The van der Waals surface area contributed by atoms with Gasteiger partial charge in [-0.15, -0.1) is 0 Å². The molecule has 1 heterocycles. The Bertz CT molecular complexity index is 1030. The monoisotopic (exact) mass is 467 g/mol. The Morgan fingerprint density at radius 1 is 1.06 bits per heavy atom. The number of hydrogen-bond donors (Lipinski definition) is 1. The number of amides is 1. The number of carbonyl (C=O) groups is 2. The van der Waals surface area contributed by atoms with Crippen LogP contribution in [-0.2, 0) is 14.3 Å². The molecule has 2 aromatic rings. The molecule has 3 rings (SSSR count). The van der Waals surface area contributed by atoms with Crippen LogP contribution in [0.3, 0.4) is 0 Å². The van der Waals surface area contributed by atoms with Gasteiger partial charge < -0.3 is 24.2 Å². The first-order valence-corrected chi connectivity index (χ1v) is 11.6. The minimum atomic E-state index is -0.741. The number of rotatable bonds is 11. The summed E-state index contributed by atoms with van der Waals surface area (Å²) in [7, 11) is 1.54. The van der Waals surface area contributed by atoms with Crippen molar-refractivity contribution < 1.29 is 28.9 Å². The lowest BCUT2D eigenvalue weighted by atomic mass is 9.95. The number of Topliss-reactive ketones (excluding diaryl/α,β-unsaturated/α-hetero) is 1. The van der Waals surface area contributed by atoms with Crippen molar-refractivity contribution in [3.05, 3.63) is 65.2 Å². The van der Waals surface area contributed by atoms with E-state index in [1.165, 1.54) is 12.0 Å². The van der Waals surface area contributed by atoms with Gasteiger partial charge in [-0.2, -0.15) is 0 Å². The Labute approximate surface area is 200 Å². The number of ether oxygens (including phenoxy) is 3. The third-order valence-electron chi connectivity index (χ3n) is 5.52. The molecule has 1 aliphatic heterocycles. The van der Waals surface area contributed by atoms with Gasteiger partial charge in [-0.1, -0.05) is 37.6 Å². The van der Waals surface area contributed by atoms with Gasteiger partial charge in [-0.25, -0.2) is 0 Å². The second-order valence-electron chi connectivity index (χ2n) is 8.45. The molecule has 1 unspecified atom stereocenters. The van der Waals surface area contributed by atoms with E-state index in [1.807, 2.05) is 38.1 Å². The molecule has 1 atom stereocenters. The highest BCUT2D eigenvalue weighted by atomic mass is 16.5. The van der Waals surface area contributed by atoms with Crippen molar-refractivity contribution in [1.82, 2.24) is 4.90 Å². The number of nitrogens with zero attached hydrogens (tertiary/aromatic N) is 1. The van der Waals surface area contributed by atoms with Crippen molar-refractivity contribution in [2.45, 2.75) is 45.8 Å². The van der Waals surface area contributed by atoms with E-state index in [2.05, 4.69) is 6.92 Å². The number of hydrogen-bond acceptors (Lipinski definition) is 6. The van der Waals surface area contributed by atoms with Crippen molar-refractivity contribution >= 4 is 17.4 Å². The Morgan fingerprint density at radius 2 is 1.79 bits per heavy atom. The molecule has 0 radical (unpaired) electrons. The van der Waals surface area contributed by atoms with Crippen molar-refractivity contribution in [1.29, 1.82) is 0 Å². The van der Waals surface area contributed by atoms with Crippen LogP contribution < -0.4 is 9.47 Å². The maximum absolute atomic E-state index is 13.1. The zero-order valence-electron chi connectivity index (χ0n) is 20.2. The SMILES string of the molecule is CCCCOc1ccc(C2/C(=C(/O)c3cccc(OC(C)C)c3)C(=O)C(=O)N2CCOC)cc1. The number of aliphatic hydroxyl groups is 1. The van der Waals surface area contributed by atoms with Crippen LogP contribution in [-0.4, -0.2) is 54.7 Å². The van der Waals surface area contributed by atoms with Gasteiger partial charge in [-0.3, -0.25) is 9.59 Å². The Balaban J connectivity index is 2.03. The number of methoxy groups -OCH3 is 1. The molecule has 1 amide bonds. The predicted octanol–water partition coefficient (Wildman–Crippen LogP) is 4.72. The van der Waals surface area contributed by atoms with E-state index in [-0.39, 0.29) is 30.6 Å². The molecule has 34 heavy (non-hydrogen) atoms. The molecule has 7 heteroatoms. The molecule has 1 fully saturated rings. The number of likely N-dealkylation sites (tertiary alicyclic amines) is 1. The van der Waals surface area contributed by atoms with Gasteiger partial charge in [0.2, 0.25) is 0 Å². The maximum Gasteiger partial charge on any atom is 0.295 e. The van der Waals surface area contributed by atoms with Crippen molar-refractivity contribution in [3.8, 4) is 11.5 Å². The number of carbonyl (C=O) groups excluding carboxylic acids is 2. The Morgan fingerprint density at radius 3 is 2.44 bits per heavy atom. The van der Waals surface area contributed by atoms with Crippen LogP contribution in [0.15, 0.2) is 54.1 Å². The lowest BCUT2D eigenvalue weighted by Crippen LogP contribution is -2.32. The molecule has 0 bridgehead atoms. The third kappa shape index (κ3) is 5.78. The van der Waals surface area contributed by atoms with E-state index >= 15 is 0 Å². The first-order chi connectivity index (χ1) is 16.4. The summed E-state index contributed by atoms with van der Waals surface area (Å²) in [5.74, 6) is -0.346. The Kier molecular flexibility index (Phi) is 8.71. The van der Waals surface area contributed by atoms with Gasteiger partial charge in [0.25, 0.3) is 11.7 Å². The quantitative estimate of drug-likeness (QED) is 0.223. The second-order valence-corrected chi connectivity index (χ2v) is 8.45. The maximum atomic E-state index is 13.1. The molecule has 0 aromatic heterocycles. The molecule has 0 spiro atoms. The Hall–Kier alpha value is -3.32. The fourth-order valence-electron chi connectivity index (χ4n) is 3.87. The van der Waals surface area contributed by atoms with E-state index in [9.17, 15) is 14.7 Å². The molecule has 2 aromatic carbocycles. The largest absolute Gasteiger partial charge is 0.507 e. The van der Waals surface area contributed by atoms with Gasteiger partial charge in [0.1, 0.15) is 17.3 Å². The summed E-state index contributed by atoms with van der Waals surface area (Å²) >= 11 is 0. The van der Waals surface area contributed by atoms with Gasteiger partial charge in [0.05, 0.1) is 30.9 Å². The number of ketones is 1. The molecule has 7 nitrogen and oxygen atoms in total. The number of unbranched alkanes of at least 4 members (excludes halogenated alkanes) is 1. The summed E-state index contributed by atoms with van der Waals surface area (Å²) in [4.78, 5) is 27.4. The summed E-state index contributed by atoms with van der Waals surface area (Å²) < 4.78 is 16.6. The first kappa shape index (κ1) is 25.3. The predicted molar refractivity (Wildman–Crippen MR) is 130 cm³/mol. The molecule has 1 aliphatic rings. The topological polar surface area (TPSA) is 85.3 Å². The molecule has 182 valence electrons.